The number of aryl methyl sites for hydroxylation is 1. The lowest BCUT2D eigenvalue weighted by Crippen LogP contribution is -2.12. The molecule has 0 saturated carbocycles. The second kappa shape index (κ2) is 6.45. The Hall–Kier alpha value is -2.28. The molecule has 0 bridgehead atoms. The van der Waals surface area contributed by atoms with Crippen LogP contribution in [-0.4, -0.2) is 15.8 Å². The Morgan fingerprint density at radius 2 is 2.14 bits per heavy atom. The quantitative estimate of drug-likeness (QED) is 0.673. The van der Waals surface area contributed by atoms with E-state index in [0.29, 0.717) is 18.1 Å². The Morgan fingerprint density at radius 3 is 2.76 bits per heavy atom. The van der Waals surface area contributed by atoms with Gasteiger partial charge in [-0.1, -0.05) is 13.0 Å². The van der Waals surface area contributed by atoms with E-state index in [-0.39, 0.29) is 28.5 Å². The van der Waals surface area contributed by atoms with Gasteiger partial charge in [-0.05, 0) is 24.1 Å². The number of ketones is 1. The van der Waals surface area contributed by atoms with E-state index in [1.807, 2.05) is 6.92 Å². The number of carbonyl (C=O) groups is 1. The molecule has 0 aliphatic rings. The summed E-state index contributed by atoms with van der Waals surface area (Å²) in [4.78, 5) is 20.3. The van der Waals surface area contributed by atoms with Crippen molar-refractivity contribution in [2.24, 2.45) is 0 Å². The molecule has 0 amide bonds. The SMILES string of the molecule is CCc1ccc(F)cc1C(=O)c1cnc(C[S+]=O)nc1N. The van der Waals surface area contributed by atoms with Crippen molar-refractivity contribution in [2.45, 2.75) is 19.1 Å². The smallest absolute Gasteiger partial charge is 0.383 e. The zero-order valence-electron chi connectivity index (χ0n) is 11.3. The molecule has 2 rings (SSSR count). The molecule has 0 aliphatic heterocycles. The molecule has 0 spiro atoms. The third-order valence-corrected chi connectivity index (χ3v) is 3.37. The van der Waals surface area contributed by atoms with E-state index in [2.05, 4.69) is 9.97 Å². The second-order valence-corrected chi connectivity index (χ2v) is 4.86. The van der Waals surface area contributed by atoms with Crippen molar-refractivity contribution in [2.75, 3.05) is 5.73 Å². The van der Waals surface area contributed by atoms with Crippen LogP contribution in [-0.2, 0) is 28.0 Å². The van der Waals surface area contributed by atoms with Crippen LogP contribution in [0.25, 0.3) is 0 Å². The average molecular weight is 306 g/mol. The number of hydrogen-bond donors (Lipinski definition) is 1. The minimum absolute atomic E-state index is 0.00892. The summed E-state index contributed by atoms with van der Waals surface area (Å²) >= 11 is 0.317. The molecule has 1 aromatic heterocycles. The summed E-state index contributed by atoms with van der Waals surface area (Å²) in [6.07, 6.45) is 1.87. The minimum atomic E-state index is -0.491. The summed E-state index contributed by atoms with van der Waals surface area (Å²) in [6, 6.07) is 4.06. The number of benzene rings is 1. The predicted octanol–water partition coefficient (Wildman–Crippen LogP) is 1.92. The molecule has 108 valence electrons. The highest BCUT2D eigenvalue weighted by Crippen LogP contribution is 2.19. The van der Waals surface area contributed by atoms with Crippen molar-refractivity contribution < 1.29 is 13.4 Å². The van der Waals surface area contributed by atoms with Crippen LogP contribution in [0.2, 0.25) is 0 Å². The van der Waals surface area contributed by atoms with Crippen molar-refractivity contribution in [1.29, 1.82) is 0 Å². The molecule has 0 atom stereocenters. The van der Waals surface area contributed by atoms with Crippen molar-refractivity contribution in [3.8, 4) is 0 Å². The molecule has 1 heterocycles. The zero-order valence-corrected chi connectivity index (χ0v) is 12.1. The number of aromatic nitrogens is 2. The van der Waals surface area contributed by atoms with Crippen molar-refractivity contribution >= 4 is 23.3 Å². The molecule has 2 aromatic rings. The van der Waals surface area contributed by atoms with Crippen LogP contribution in [0.1, 0.15) is 34.2 Å². The van der Waals surface area contributed by atoms with Gasteiger partial charge >= 0.3 is 11.7 Å². The van der Waals surface area contributed by atoms with Crippen molar-refractivity contribution in [1.82, 2.24) is 9.97 Å². The van der Waals surface area contributed by atoms with Gasteiger partial charge in [-0.2, -0.15) is 0 Å². The number of anilines is 1. The van der Waals surface area contributed by atoms with Gasteiger partial charge in [-0.3, -0.25) is 4.79 Å². The van der Waals surface area contributed by atoms with Crippen LogP contribution in [0, 0.1) is 5.82 Å². The zero-order chi connectivity index (χ0) is 15.4. The van der Waals surface area contributed by atoms with Gasteiger partial charge in [0.05, 0.1) is 5.56 Å². The van der Waals surface area contributed by atoms with Crippen LogP contribution < -0.4 is 5.73 Å². The lowest BCUT2D eigenvalue weighted by Gasteiger charge is -2.08. The van der Waals surface area contributed by atoms with E-state index in [9.17, 15) is 13.4 Å². The van der Waals surface area contributed by atoms with Crippen LogP contribution in [0.3, 0.4) is 0 Å². The Kier molecular flexibility index (Phi) is 4.64. The Morgan fingerprint density at radius 1 is 1.38 bits per heavy atom. The fraction of sp³-hybridized carbons (Fsp3) is 0.214. The average Bonchev–Trinajstić information content (AvgIpc) is 2.47. The Labute approximate surface area is 124 Å². The number of carbonyl (C=O) groups excluding carboxylic acids is 1. The summed E-state index contributed by atoms with van der Waals surface area (Å²) in [7, 11) is 0. The monoisotopic (exact) mass is 306 g/mol. The van der Waals surface area contributed by atoms with Crippen LogP contribution in [0.15, 0.2) is 24.4 Å². The van der Waals surface area contributed by atoms with Gasteiger partial charge in [0, 0.05) is 16.0 Å². The largest absolute Gasteiger partial charge is 0.467 e. The summed E-state index contributed by atoms with van der Waals surface area (Å²) in [5.74, 6) is -0.595. The molecule has 5 nitrogen and oxygen atoms in total. The molecule has 21 heavy (non-hydrogen) atoms. The molecule has 7 heteroatoms. The number of nitrogens with zero attached hydrogens (tertiary/aromatic N) is 2. The second-order valence-electron chi connectivity index (χ2n) is 4.33. The first-order chi connectivity index (χ1) is 10.1. The predicted molar refractivity (Wildman–Crippen MR) is 77.4 cm³/mol. The van der Waals surface area contributed by atoms with E-state index in [0.717, 1.165) is 5.56 Å². The molecular weight excluding hydrogens is 293 g/mol. The third-order valence-electron chi connectivity index (χ3n) is 3.00. The van der Waals surface area contributed by atoms with Gasteiger partial charge in [0.25, 0.3) is 5.75 Å². The van der Waals surface area contributed by atoms with E-state index in [1.54, 1.807) is 6.07 Å². The lowest BCUT2D eigenvalue weighted by molar-refractivity contribution is 0.103. The molecule has 1 aromatic carbocycles. The first kappa shape index (κ1) is 15.1. The number of rotatable bonds is 5. The first-order valence-electron chi connectivity index (χ1n) is 6.26. The maximum Gasteiger partial charge on any atom is 0.467 e. The van der Waals surface area contributed by atoms with Gasteiger partial charge in [0.2, 0.25) is 0 Å². The summed E-state index contributed by atoms with van der Waals surface area (Å²) in [6.45, 7) is 1.87. The summed E-state index contributed by atoms with van der Waals surface area (Å²) in [5.41, 5.74) is 6.82. The highest BCUT2D eigenvalue weighted by atomic mass is 32.1. The van der Waals surface area contributed by atoms with Crippen molar-refractivity contribution in [3.63, 3.8) is 0 Å². The number of hydrogen-bond acceptors (Lipinski definition) is 5. The molecule has 0 saturated heterocycles. The highest BCUT2D eigenvalue weighted by molar-refractivity contribution is 7.64. The highest BCUT2D eigenvalue weighted by Gasteiger charge is 2.19. The number of nitrogen functional groups attached to an aromatic ring is 1. The Balaban J connectivity index is 2.45. The van der Waals surface area contributed by atoms with Crippen LogP contribution in [0.4, 0.5) is 10.2 Å². The van der Waals surface area contributed by atoms with E-state index < -0.39 is 11.6 Å². The van der Waals surface area contributed by atoms with Gasteiger partial charge in [-0.15, -0.1) is 0 Å². The normalized spacial score (nSPS) is 10.4. The standard InChI is InChI=1S/C14H12FN3O2S/c1-2-8-3-4-9(15)5-10(8)13(19)11-6-17-12(7-21-20)18-14(11)16/h3-6H,2,7H2,1H3,(H-,16,17,18,19)/p+1. The van der Waals surface area contributed by atoms with Crippen LogP contribution in [0.5, 0.6) is 0 Å². The first-order valence-corrected chi connectivity index (χ1v) is 7.17. The van der Waals surface area contributed by atoms with Gasteiger partial charge in [-0.25, -0.2) is 14.4 Å². The van der Waals surface area contributed by atoms with Gasteiger partial charge < -0.3 is 5.73 Å². The Bertz CT molecular complexity index is 707. The molecular formula is C14H13FN3O2S+. The lowest BCUT2D eigenvalue weighted by atomic mass is 9.98. The van der Waals surface area contributed by atoms with Crippen LogP contribution >= 0.6 is 0 Å². The van der Waals surface area contributed by atoms with Crippen molar-refractivity contribution in [3.05, 3.63) is 52.7 Å². The van der Waals surface area contributed by atoms with E-state index in [4.69, 9.17) is 5.73 Å². The molecule has 2 N–H and O–H groups in total. The van der Waals surface area contributed by atoms with Gasteiger partial charge in [0.15, 0.2) is 11.6 Å². The van der Waals surface area contributed by atoms with Gasteiger partial charge in [0.1, 0.15) is 11.6 Å². The molecule has 0 fully saturated rings. The maximum absolute atomic E-state index is 13.4. The fourth-order valence-corrected chi connectivity index (χ4v) is 2.19. The maximum atomic E-state index is 13.4. The number of nitrogens with two attached hydrogens (primary N) is 1. The van der Waals surface area contributed by atoms with E-state index in [1.165, 1.54) is 18.3 Å². The summed E-state index contributed by atoms with van der Waals surface area (Å²) in [5, 5.41) is 0. The van der Waals surface area contributed by atoms with E-state index >= 15 is 0 Å². The third kappa shape index (κ3) is 3.25. The minimum Gasteiger partial charge on any atom is -0.383 e. The molecule has 0 radical (unpaired) electrons. The summed E-state index contributed by atoms with van der Waals surface area (Å²) < 4.78 is 23.8. The molecule has 0 unspecified atom stereocenters. The number of halogens is 1. The fourth-order valence-electron chi connectivity index (χ4n) is 1.94. The molecule has 0 aliphatic carbocycles. The topological polar surface area (TPSA) is 85.9 Å².